The first-order chi connectivity index (χ1) is 20.3. The summed E-state index contributed by atoms with van der Waals surface area (Å²) in [6, 6.07) is 14.7. The molecular weight excluding hydrogens is 578 g/mol. The molecule has 0 spiro atoms. The van der Waals surface area contributed by atoms with Crippen molar-refractivity contribution in [1.29, 1.82) is 0 Å². The first-order valence-corrected chi connectivity index (χ1v) is 14.9. The molecule has 1 aliphatic rings. The molecule has 4 aromatic rings. The van der Waals surface area contributed by atoms with Gasteiger partial charge in [0.2, 0.25) is 0 Å². The van der Waals surface area contributed by atoms with Gasteiger partial charge in [-0.2, -0.15) is 0 Å². The number of rotatable bonds is 10. The van der Waals surface area contributed by atoms with Crippen molar-refractivity contribution in [2.45, 2.75) is 33.4 Å². The Kier molecular flexibility index (Phi) is 8.64. The van der Waals surface area contributed by atoms with Gasteiger partial charge in [0, 0.05) is 17.0 Å². The lowest BCUT2D eigenvalue weighted by Gasteiger charge is -2.23. The molecule has 3 heterocycles. The normalized spacial score (nSPS) is 14.7. The van der Waals surface area contributed by atoms with Gasteiger partial charge < -0.3 is 14.2 Å². The van der Waals surface area contributed by atoms with Crippen molar-refractivity contribution in [1.82, 2.24) is 4.57 Å². The summed E-state index contributed by atoms with van der Waals surface area (Å²) in [4.78, 5) is 43.1. The number of allylic oxidation sites excluding steroid dienone is 1. The fourth-order valence-corrected chi connectivity index (χ4v) is 6.41. The van der Waals surface area contributed by atoms with Gasteiger partial charge in [-0.3, -0.25) is 19.5 Å². The van der Waals surface area contributed by atoms with Gasteiger partial charge >= 0.3 is 5.97 Å². The number of nitro groups is 1. The number of non-ortho nitro benzene ring substituents is 1. The number of esters is 1. The zero-order valence-corrected chi connectivity index (χ0v) is 24.7. The number of nitro benzene ring substituents is 1. The van der Waals surface area contributed by atoms with Gasteiger partial charge in [-0.15, -0.1) is 11.3 Å². The Morgan fingerprint density at radius 1 is 1.10 bits per heavy atom. The number of hydrogen-bond acceptors (Lipinski definition) is 10. The number of benzene rings is 2. The smallest absolute Gasteiger partial charge is 0.338 e. The standard InChI is InChI=1S/C30H27N3O7S2/c1-4-38-23-15-20(10-13-22(23)40-17-19-8-11-21(12-9-19)33(36)37)16-25-28(34)32-27(24-7-6-14-41-24)26(29(35)39-5-2)18(3)31-30(32)42-25/h6-16,27H,4-5,17H2,1-3H3/b25-16-/t27-/m0/s1. The second-order valence-electron chi connectivity index (χ2n) is 9.17. The maximum absolute atomic E-state index is 13.8. The zero-order valence-electron chi connectivity index (χ0n) is 23.1. The van der Waals surface area contributed by atoms with Crippen LogP contribution in [0.1, 0.15) is 42.8 Å². The van der Waals surface area contributed by atoms with E-state index in [0.29, 0.717) is 38.7 Å². The van der Waals surface area contributed by atoms with Crippen molar-refractivity contribution < 1.29 is 23.9 Å². The predicted octanol–water partition coefficient (Wildman–Crippen LogP) is 4.75. The van der Waals surface area contributed by atoms with E-state index < -0.39 is 16.9 Å². The van der Waals surface area contributed by atoms with E-state index in [-0.39, 0.29) is 24.5 Å². The highest BCUT2D eigenvalue weighted by Gasteiger charge is 2.33. The lowest BCUT2D eigenvalue weighted by Crippen LogP contribution is -2.39. The van der Waals surface area contributed by atoms with Gasteiger partial charge in [0.05, 0.1) is 33.9 Å². The minimum absolute atomic E-state index is 0.0115. The van der Waals surface area contributed by atoms with E-state index in [0.717, 1.165) is 16.0 Å². The minimum Gasteiger partial charge on any atom is -0.490 e. The summed E-state index contributed by atoms with van der Waals surface area (Å²) in [6.07, 6.45) is 1.77. The molecule has 1 aliphatic heterocycles. The van der Waals surface area contributed by atoms with Gasteiger partial charge in [0.15, 0.2) is 16.3 Å². The molecule has 0 fully saturated rings. The second kappa shape index (κ2) is 12.5. The Hall–Kier alpha value is -4.55. The fraction of sp³-hybridized carbons (Fsp3) is 0.233. The Morgan fingerprint density at radius 2 is 1.88 bits per heavy atom. The predicted molar refractivity (Wildman–Crippen MR) is 160 cm³/mol. The zero-order chi connectivity index (χ0) is 29.8. The molecule has 0 saturated carbocycles. The third kappa shape index (κ3) is 5.90. The lowest BCUT2D eigenvalue weighted by molar-refractivity contribution is -0.384. The average molecular weight is 606 g/mol. The van der Waals surface area contributed by atoms with Crippen LogP contribution in [0.3, 0.4) is 0 Å². The summed E-state index contributed by atoms with van der Waals surface area (Å²) in [5, 5.41) is 12.8. The number of thiophene rings is 1. The first kappa shape index (κ1) is 29.0. The first-order valence-electron chi connectivity index (χ1n) is 13.2. The van der Waals surface area contributed by atoms with Crippen LogP contribution in [0.4, 0.5) is 5.69 Å². The number of carbonyl (C=O) groups is 1. The van der Waals surface area contributed by atoms with E-state index in [1.807, 2.05) is 30.5 Å². The van der Waals surface area contributed by atoms with Gasteiger partial charge in [-0.1, -0.05) is 23.5 Å². The van der Waals surface area contributed by atoms with Crippen molar-refractivity contribution in [2.75, 3.05) is 13.2 Å². The summed E-state index contributed by atoms with van der Waals surface area (Å²) in [5.74, 6) is 0.510. The van der Waals surface area contributed by atoms with Crippen LogP contribution in [-0.2, 0) is 16.1 Å². The van der Waals surface area contributed by atoms with Crippen LogP contribution < -0.4 is 24.4 Å². The summed E-state index contributed by atoms with van der Waals surface area (Å²) < 4.78 is 19.1. The molecular formula is C30H27N3O7S2. The summed E-state index contributed by atoms with van der Waals surface area (Å²) in [6.45, 7) is 6.17. The molecule has 0 N–H and O–H groups in total. The van der Waals surface area contributed by atoms with Crippen LogP contribution in [0.5, 0.6) is 11.5 Å². The summed E-state index contributed by atoms with van der Waals surface area (Å²) >= 11 is 2.71. The third-order valence-electron chi connectivity index (χ3n) is 6.44. The van der Waals surface area contributed by atoms with Crippen molar-refractivity contribution in [3.63, 3.8) is 0 Å². The topological polar surface area (TPSA) is 122 Å². The van der Waals surface area contributed by atoms with Gasteiger partial charge in [0.1, 0.15) is 12.6 Å². The largest absolute Gasteiger partial charge is 0.490 e. The number of aromatic nitrogens is 1. The minimum atomic E-state index is -0.628. The number of hydrogen-bond donors (Lipinski definition) is 0. The Bertz CT molecular complexity index is 1840. The number of ether oxygens (including phenoxy) is 3. The second-order valence-corrected chi connectivity index (χ2v) is 11.2. The quantitative estimate of drug-likeness (QED) is 0.145. The number of thiazole rings is 1. The van der Waals surface area contributed by atoms with E-state index in [4.69, 9.17) is 14.2 Å². The van der Waals surface area contributed by atoms with E-state index in [9.17, 15) is 19.7 Å². The van der Waals surface area contributed by atoms with Crippen LogP contribution >= 0.6 is 22.7 Å². The molecule has 0 radical (unpaired) electrons. The molecule has 0 aliphatic carbocycles. The number of nitrogens with zero attached hydrogens (tertiary/aromatic N) is 3. The van der Waals surface area contributed by atoms with Gasteiger partial charge in [-0.25, -0.2) is 9.79 Å². The fourth-order valence-electron chi connectivity index (χ4n) is 4.54. The van der Waals surface area contributed by atoms with Crippen molar-refractivity contribution in [3.8, 4) is 11.5 Å². The van der Waals surface area contributed by atoms with E-state index in [2.05, 4.69) is 4.99 Å². The third-order valence-corrected chi connectivity index (χ3v) is 8.34. The molecule has 5 rings (SSSR count). The summed E-state index contributed by atoms with van der Waals surface area (Å²) in [7, 11) is 0. The molecule has 2 aromatic heterocycles. The maximum Gasteiger partial charge on any atom is 0.338 e. The Labute approximate surface area is 248 Å². The van der Waals surface area contributed by atoms with E-state index in [1.165, 1.54) is 34.8 Å². The van der Waals surface area contributed by atoms with Crippen LogP contribution in [0.25, 0.3) is 6.08 Å². The molecule has 12 heteroatoms. The van der Waals surface area contributed by atoms with Crippen molar-refractivity contribution in [3.05, 3.63) is 117 Å². The number of fused-ring (bicyclic) bond motifs is 1. The average Bonchev–Trinajstić information content (AvgIpc) is 3.61. The maximum atomic E-state index is 13.8. The highest BCUT2D eigenvalue weighted by atomic mass is 32.1. The molecule has 10 nitrogen and oxygen atoms in total. The molecule has 0 unspecified atom stereocenters. The monoisotopic (exact) mass is 605 g/mol. The van der Waals surface area contributed by atoms with Crippen molar-refractivity contribution >= 4 is 40.4 Å². The molecule has 0 saturated heterocycles. The van der Waals surface area contributed by atoms with Crippen LogP contribution in [0, 0.1) is 10.1 Å². The lowest BCUT2D eigenvalue weighted by atomic mass is 10.0. The van der Waals surface area contributed by atoms with Gasteiger partial charge in [-0.05, 0) is 73.7 Å². The summed E-state index contributed by atoms with van der Waals surface area (Å²) in [5.41, 5.74) is 2.12. The van der Waals surface area contributed by atoms with E-state index in [1.54, 1.807) is 48.8 Å². The molecule has 216 valence electrons. The van der Waals surface area contributed by atoms with Crippen molar-refractivity contribution in [2.24, 2.45) is 4.99 Å². The molecule has 0 amide bonds. The van der Waals surface area contributed by atoms with Crippen LogP contribution in [0.15, 0.2) is 81.0 Å². The molecule has 1 atom stereocenters. The Balaban J connectivity index is 1.49. The van der Waals surface area contributed by atoms with E-state index >= 15 is 0 Å². The van der Waals surface area contributed by atoms with Gasteiger partial charge in [0.25, 0.3) is 11.2 Å². The van der Waals surface area contributed by atoms with Crippen LogP contribution in [-0.4, -0.2) is 28.7 Å². The highest BCUT2D eigenvalue weighted by Crippen LogP contribution is 2.33. The molecule has 42 heavy (non-hydrogen) atoms. The highest BCUT2D eigenvalue weighted by molar-refractivity contribution is 7.10. The number of carbonyl (C=O) groups excluding carboxylic acids is 1. The molecule has 0 bridgehead atoms. The Morgan fingerprint density at radius 3 is 2.55 bits per heavy atom. The van der Waals surface area contributed by atoms with Crippen LogP contribution in [0.2, 0.25) is 0 Å². The molecule has 2 aromatic carbocycles. The SMILES string of the molecule is CCOC(=O)C1=C(C)N=c2s/c(=C\c3ccc(OCc4ccc([N+](=O)[O-])cc4)c(OCC)c3)c(=O)n2[C@H]1c1cccs1.